The maximum Gasteiger partial charge on any atom is 0.228 e. The number of anilines is 1. The van der Waals surface area contributed by atoms with Crippen LogP contribution in [0.4, 0.5) is 11.5 Å². The summed E-state index contributed by atoms with van der Waals surface area (Å²) in [4.78, 5) is 12.2. The van der Waals surface area contributed by atoms with Gasteiger partial charge in [0, 0.05) is 11.3 Å². The zero-order valence-electron chi connectivity index (χ0n) is 20.1. The second-order valence-corrected chi connectivity index (χ2v) is 8.72. The van der Waals surface area contributed by atoms with Gasteiger partial charge in [0.15, 0.2) is 5.82 Å². The second kappa shape index (κ2) is 9.30. The van der Waals surface area contributed by atoms with Crippen LogP contribution in [0.1, 0.15) is 29.8 Å². The third-order valence-electron chi connectivity index (χ3n) is 6.40. The van der Waals surface area contributed by atoms with E-state index in [-0.39, 0.29) is 6.10 Å². The van der Waals surface area contributed by atoms with Crippen molar-refractivity contribution < 1.29 is 14.2 Å². The average molecular weight is 490 g/mol. The Kier molecular flexibility index (Phi) is 5.68. The molecule has 37 heavy (non-hydrogen) atoms. The topological polar surface area (TPSA) is 88.8 Å². The molecular formula is C29H23N5O3. The van der Waals surface area contributed by atoms with Crippen LogP contribution >= 0.6 is 0 Å². The van der Waals surface area contributed by atoms with Gasteiger partial charge in [-0.1, -0.05) is 30.3 Å². The highest BCUT2D eigenvalue weighted by molar-refractivity contribution is 5.91. The fourth-order valence-electron chi connectivity index (χ4n) is 4.67. The normalized spacial score (nSPS) is 14.3. The highest BCUT2D eigenvalue weighted by Crippen LogP contribution is 2.41. The number of rotatable bonds is 6. The van der Waals surface area contributed by atoms with E-state index in [2.05, 4.69) is 19.4 Å². The summed E-state index contributed by atoms with van der Waals surface area (Å²) in [6, 6.07) is 22.7. The largest absolute Gasteiger partial charge is 0.500 e. The van der Waals surface area contributed by atoms with Crippen LogP contribution in [0.25, 0.3) is 21.6 Å². The molecule has 0 amide bonds. The van der Waals surface area contributed by atoms with Crippen molar-refractivity contribution in [1.29, 1.82) is 0 Å². The van der Waals surface area contributed by atoms with E-state index in [1.54, 1.807) is 12.1 Å². The number of nitrogens with zero attached hydrogens (tertiary/aromatic N) is 4. The molecule has 0 saturated carbocycles. The Morgan fingerprint density at radius 3 is 2.73 bits per heavy atom. The molecule has 2 N–H and O–H groups in total. The van der Waals surface area contributed by atoms with E-state index < -0.39 is 0 Å². The first-order valence-electron chi connectivity index (χ1n) is 11.8. The van der Waals surface area contributed by atoms with E-state index >= 15 is 0 Å². The van der Waals surface area contributed by atoms with E-state index in [1.807, 2.05) is 67.6 Å². The van der Waals surface area contributed by atoms with Gasteiger partial charge in [-0.3, -0.25) is 0 Å². The first-order valence-corrected chi connectivity index (χ1v) is 11.8. The molecule has 5 aromatic rings. The molecule has 6 rings (SSSR count). The molecule has 8 nitrogen and oxygen atoms in total. The third-order valence-corrected chi connectivity index (χ3v) is 6.40. The lowest BCUT2D eigenvalue weighted by Gasteiger charge is -2.12. The van der Waals surface area contributed by atoms with Crippen molar-refractivity contribution in [1.82, 2.24) is 14.5 Å². The van der Waals surface area contributed by atoms with Gasteiger partial charge in [-0.2, -0.15) is 0 Å². The van der Waals surface area contributed by atoms with E-state index in [4.69, 9.17) is 26.5 Å². The van der Waals surface area contributed by atoms with Crippen molar-refractivity contribution in [2.75, 3.05) is 5.73 Å². The number of fused-ring (bicyclic) bond motifs is 3. The Morgan fingerprint density at radius 1 is 1.05 bits per heavy atom. The van der Waals surface area contributed by atoms with E-state index in [9.17, 15) is 0 Å². The van der Waals surface area contributed by atoms with Gasteiger partial charge in [0.05, 0.1) is 25.0 Å². The number of ether oxygens (including phenoxy) is 3. The quantitative estimate of drug-likeness (QED) is 0.273. The number of aromatic nitrogens is 3. The summed E-state index contributed by atoms with van der Waals surface area (Å²) in [6.07, 6.45) is 1.44. The Labute approximate surface area is 213 Å². The number of hydrogen-bond acceptors (Lipinski definition) is 6. The minimum absolute atomic E-state index is 0.0539. The Bertz CT molecular complexity index is 1650. The fraction of sp³-hybridized carbons (Fsp3) is 0.138. The van der Waals surface area contributed by atoms with Gasteiger partial charge in [-0.05, 0) is 55.0 Å². The minimum Gasteiger partial charge on any atom is -0.500 e. The van der Waals surface area contributed by atoms with Crippen LogP contribution in [0.15, 0.2) is 79.1 Å². The fourth-order valence-corrected chi connectivity index (χ4v) is 4.67. The summed E-state index contributed by atoms with van der Waals surface area (Å²) in [5.74, 6) is 2.39. The number of nitrogens with two attached hydrogens (primary N) is 1. The number of benzene rings is 3. The number of hydrogen-bond donors (Lipinski definition) is 1. The second-order valence-electron chi connectivity index (χ2n) is 8.72. The first kappa shape index (κ1) is 22.6. The van der Waals surface area contributed by atoms with Crippen LogP contribution < -0.4 is 15.2 Å². The molecule has 1 unspecified atom stereocenters. The van der Waals surface area contributed by atoms with Crippen molar-refractivity contribution in [3.8, 4) is 22.9 Å². The number of nitrogen functional groups attached to an aromatic ring is 1. The van der Waals surface area contributed by atoms with Gasteiger partial charge < -0.3 is 24.5 Å². The smallest absolute Gasteiger partial charge is 0.228 e. The van der Waals surface area contributed by atoms with Gasteiger partial charge in [-0.15, -0.1) is 0 Å². The molecule has 3 aromatic carbocycles. The molecule has 8 heteroatoms. The Hall–Kier alpha value is -4.87. The molecule has 0 saturated heterocycles. The highest BCUT2D eigenvalue weighted by Gasteiger charge is 2.30. The average Bonchev–Trinajstić information content (AvgIpc) is 3.47. The van der Waals surface area contributed by atoms with E-state index in [1.165, 1.54) is 6.33 Å². The zero-order chi connectivity index (χ0) is 25.4. The summed E-state index contributed by atoms with van der Waals surface area (Å²) in [5.41, 5.74) is 12.3. The van der Waals surface area contributed by atoms with Crippen LogP contribution in [0.5, 0.6) is 17.2 Å². The summed E-state index contributed by atoms with van der Waals surface area (Å²) in [6.45, 7) is 10.1. The number of para-hydroxylation sites is 2. The van der Waals surface area contributed by atoms with Gasteiger partial charge in [0.2, 0.25) is 5.69 Å². The van der Waals surface area contributed by atoms with Crippen molar-refractivity contribution in [3.63, 3.8) is 0 Å². The third kappa shape index (κ3) is 4.11. The monoisotopic (exact) mass is 489 g/mol. The summed E-state index contributed by atoms with van der Waals surface area (Å²) < 4.78 is 19.9. The van der Waals surface area contributed by atoms with Crippen LogP contribution in [0.3, 0.4) is 0 Å². The van der Waals surface area contributed by atoms with E-state index in [0.29, 0.717) is 42.0 Å². The SMILES string of the molecule is [C-]#[N+]c1ccccc1OCc1cccc(Oc2ccc(-n3c4c(c5ncnc(N)c53)C(C)OC4)cc2)c1. The van der Waals surface area contributed by atoms with Crippen LogP contribution in [0, 0.1) is 6.57 Å². The van der Waals surface area contributed by atoms with Gasteiger partial charge in [-0.25, -0.2) is 14.8 Å². The molecule has 3 heterocycles. The Morgan fingerprint density at radius 2 is 1.89 bits per heavy atom. The molecule has 0 aliphatic carbocycles. The molecular weight excluding hydrogens is 466 g/mol. The van der Waals surface area contributed by atoms with Crippen LogP contribution in [-0.4, -0.2) is 14.5 Å². The van der Waals surface area contributed by atoms with Gasteiger partial charge in [0.25, 0.3) is 0 Å². The highest BCUT2D eigenvalue weighted by atomic mass is 16.5. The predicted molar refractivity (Wildman–Crippen MR) is 140 cm³/mol. The molecule has 1 aliphatic rings. The molecule has 0 spiro atoms. The van der Waals surface area contributed by atoms with Crippen LogP contribution in [-0.2, 0) is 18.0 Å². The predicted octanol–water partition coefficient (Wildman–Crippen LogP) is 6.52. The lowest BCUT2D eigenvalue weighted by molar-refractivity contribution is 0.0783. The molecule has 0 bridgehead atoms. The molecule has 1 aliphatic heterocycles. The van der Waals surface area contributed by atoms with Crippen LogP contribution in [0.2, 0.25) is 0 Å². The molecule has 0 fully saturated rings. The van der Waals surface area contributed by atoms with Crippen molar-refractivity contribution in [2.24, 2.45) is 0 Å². The van der Waals surface area contributed by atoms with Crippen molar-refractivity contribution >= 4 is 22.5 Å². The lowest BCUT2D eigenvalue weighted by atomic mass is 10.1. The van der Waals surface area contributed by atoms with Gasteiger partial charge >= 0.3 is 0 Å². The summed E-state index contributed by atoms with van der Waals surface area (Å²) in [5, 5.41) is 0. The minimum atomic E-state index is -0.0539. The zero-order valence-corrected chi connectivity index (χ0v) is 20.1. The summed E-state index contributed by atoms with van der Waals surface area (Å²) in [7, 11) is 0. The van der Waals surface area contributed by atoms with Crippen molar-refractivity contribution in [2.45, 2.75) is 26.2 Å². The summed E-state index contributed by atoms with van der Waals surface area (Å²) >= 11 is 0. The van der Waals surface area contributed by atoms with Crippen molar-refractivity contribution in [3.05, 3.63) is 107 Å². The first-order chi connectivity index (χ1) is 18.1. The maximum absolute atomic E-state index is 7.29. The molecule has 2 aromatic heterocycles. The van der Waals surface area contributed by atoms with Gasteiger partial charge in [0.1, 0.15) is 41.2 Å². The molecule has 0 radical (unpaired) electrons. The lowest BCUT2D eigenvalue weighted by Crippen LogP contribution is -2.03. The standard InChI is InChI=1S/C29H23N5O3/c1-18-26-24(16-35-18)34(28-27(26)32-17-33-29(28)30)20-10-12-21(13-11-20)37-22-7-5-6-19(14-22)15-36-25-9-4-3-8-23(25)31-2/h3-14,17-18H,15-16H2,1H3,(H2,30,32,33). The molecule has 182 valence electrons. The Balaban J connectivity index is 1.23. The van der Waals surface area contributed by atoms with E-state index in [0.717, 1.165) is 33.5 Å². The maximum atomic E-state index is 7.29. The molecule has 1 atom stereocenters.